The van der Waals surface area contributed by atoms with Crippen molar-refractivity contribution in [2.75, 3.05) is 0 Å². The molecule has 1 heterocycles. The van der Waals surface area contributed by atoms with Gasteiger partial charge in [-0.3, -0.25) is 0 Å². The minimum absolute atomic E-state index is 1.00. The lowest BCUT2D eigenvalue weighted by Gasteiger charge is -2.03. The number of hydrogen-bond acceptors (Lipinski definition) is 2. The predicted molar refractivity (Wildman–Crippen MR) is 53.8 cm³/mol. The molecule has 13 heavy (non-hydrogen) atoms. The van der Waals surface area contributed by atoms with Crippen molar-refractivity contribution in [2.45, 2.75) is 6.92 Å². The van der Waals surface area contributed by atoms with E-state index >= 15 is 0 Å². The number of rotatable bonds is 1. The Hall–Kier alpha value is -1.16. The summed E-state index contributed by atoms with van der Waals surface area (Å²) in [5, 5.41) is 4.05. The number of benzene rings is 1. The van der Waals surface area contributed by atoms with E-state index in [9.17, 15) is 0 Å². The number of aromatic nitrogens is 3. The molecule has 0 fully saturated rings. The first-order valence-electron chi connectivity index (χ1n) is 3.88. The largest absolute Gasteiger partial charge is 0.223 e. The normalized spacial score (nSPS) is 10.3. The Balaban J connectivity index is 2.53. The van der Waals surface area contributed by atoms with Crippen LogP contribution in [-0.4, -0.2) is 14.8 Å². The van der Waals surface area contributed by atoms with Crippen molar-refractivity contribution in [1.29, 1.82) is 0 Å². The quantitative estimate of drug-likeness (QED) is 0.763. The summed E-state index contributed by atoms with van der Waals surface area (Å²) in [5.41, 5.74) is 2.22. The molecule has 0 aliphatic rings. The Morgan fingerprint density at radius 2 is 2.23 bits per heavy atom. The van der Waals surface area contributed by atoms with Gasteiger partial charge in [-0.15, -0.1) is 0 Å². The molecule has 0 bridgehead atoms. The molecule has 0 saturated carbocycles. The number of hydrogen-bond donors (Lipinski definition) is 0. The first-order valence-corrected chi connectivity index (χ1v) is 4.68. The highest BCUT2D eigenvalue weighted by Crippen LogP contribution is 2.20. The first-order chi connectivity index (χ1) is 6.27. The molecule has 0 atom stereocenters. The minimum Gasteiger partial charge on any atom is -0.223 e. The van der Waals surface area contributed by atoms with Gasteiger partial charge in [-0.2, -0.15) is 5.10 Å². The molecule has 0 saturated heterocycles. The van der Waals surface area contributed by atoms with E-state index in [2.05, 4.69) is 39.0 Å². The van der Waals surface area contributed by atoms with Gasteiger partial charge >= 0.3 is 0 Å². The minimum atomic E-state index is 1.00. The zero-order chi connectivity index (χ0) is 9.26. The van der Waals surface area contributed by atoms with Gasteiger partial charge in [-0.1, -0.05) is 6.07 Å². The van der Waals surface area contributed by atoms with Crippen LogP contribution < -0.4 is 0 Å². The summed E-state index contributed by atoms with van der Waals surface area (Å²) in [5.74, 6) is 0. The van der Waals surface area contributed by atoms with E-state index in [0.717, 1.165) is 10.2 Å². The molecule has 1 aromatic heterocycles. The van der Waals surface area contributed by atoms with Gasteiger partial charge in [0.1, 0.15) is 12.7 Å². The van der Waals surface area contributed by atoms with Crippen molar-refractivity contribution in [3.8, 4) is 5.69 Å². The van der Waals surface area contributed by atoms with E-state index in [4.69, 9.17) is 0 Å². The zero-order valence-corrected chi connectivity index (χ0v) is 8.69. The van der Waals surface area contributed by atoms with Crippen LogP contribution in [-0.2, 0) is 0 Å². The molecule has 2 aromatic rings. The molecule has 0 radical (unpaired) electrons. The summed E-state index contributed by atoms with van der Waals surface area (Å²) in [4.78, 5) is 3.89. The van der Waals surface area contributed by atoms with Gasteiger partial charge in [0.25, 0.3) is 0 Å². The summed E-state index contributed by atoms with van der Waals surface area (Å²) in [7, 11) is 0. The number of halogens is 1. The Morgan fingerprint density at radius 3 is 2.85 bits per heavy atom. The maximum Gasteiger partial charge on any atom is 0.138 e. The fraction of sp³-hybridized carbons (Fsp3) is 0.111. The molecule has 0 spiro atoms. The van der Waals surface area contributed by atoms with Gasteiger partial charge < -0.3 is 0 Å². The zero-order valence-electron chi connectivity index (χ0n) is 7.11. The van der Waals surface area contributed by atoms with Crippen LogP contribution in [0.4, 0.5) is 0 Å². The van der Waals surface area contributed by atoms with E-state index in [-0.39, 0.29) is 0 Å². The predicted octanol–water partition coefficient (Wildman–Crippen LogP) is 2.34. The lowest BCUT2D eigenvalue weighted by atomic mass is 10.2. The van der Waals surface area contributed by atoms with Crippen LogP contribution in [0, 0.1) is 6.92 Å². The fourth-order valence-corrected chi connectivity index (χ4v) is 1.81. The average molecular weight is 238 g/mol. The smallest absolute Gasteiger partial charge is 0.138 e. The molecule has 0 aliphatic heterocycles. The van der Waals surface area contributed by atoms with Crippen LogP contribution in [0.1, 0.15) is 5.56 Å². The van der Waals surface area contributed by atoms with Crippen molar-refractivity contribution >= 4 is 15.9 Å². The second kappa shape index (κ2) is 3.30. The topological polar surface area (TPSA) is 30.7 Å². The van der Waals surface area contributed by atoms with Crippen LogP contribution in [0.25, 0.3) is 5.69 Å². The van der Waals surface area contributed by atoms with E-state index < -0.39 is 0 Å². The van der Waals surface area contributed by atoms with E-state index in [1.54, 1.807) is 11.0 Å². The molecule has 66 valence electrons. The molecule has 1 aromatic carbocycles. The third-order valence-electron chi connectivity index (χ3n) is 1.77. The molecule has 0 unspecified atom stereocenters. The van der Waals surface area contributed by atoms with Crippen molar-refractivity contribution in [3.05, 3.63) is 40.9 Å². The van der Waals surface area contributed by atoms with Crippen molar-refractivity contribution < 1.29 is 0 Å². The van der Waals surface area contributed by atoms with E-state index in [1.807, 2.05) is 12.1 Å². The third-order valence-corrected chi connectivity index (χ3v) is 2.40. The van der Waals surface area contributed by atoms with Crippen LogP contribution in [0.2, 0.25) is 0 Å². The van der Waals surface area contributed by atoms with E-state index in [1.165, 1.54) is 11.9 Å². The first kappa shape index (κ1) is 8.44. The molecule has 0 amide bonds. The number of nitrogens with zero attached hydrogens (tertiary/aromatic N) is 3. The molecular weight excluding hydrogens is 230 g/mol. The lowest BCUT2D eigenvalue weighted by Crippen LogP contribution is -1.95. The Labute approximate surface area is 84.5 Å². The molecule has 0 aliphatic carbocycles. The summed E-state index contributed by atoms with van der Waals surface area (Å²) < 4.78 is 2.75. The van der Waals surface area contributed by atoms with Crippen LogP contribution in [0.5, 0.6) is 0 Å². The summed E-state index contributed by atoms with van der Waals surface area (Å²) in [6.07, 6.45) is 3.20. The summed E-state index contributed by atoms with van der Waals surface area (Å²) >= 11 is 3.48. The molecule has 4 heteroatoms. The van der Waals surface area contributed by atoms with E-state index in [0.29, 0.717) is 0 Å². The second-order valence-corrected chi connectivity index (χ2v) is 3.65. The van der Waals surface area contributed by atoms with Gasteiger partial charge in [0.05, 0.1) is 5.69 Å². The van der Waals surface area contributed by atoms with Crippen molar-refractivity contribution in [1.82, 2.24) is 14.8 Å². The summed E-state index contributed by atoms with van der Waals surface area (Å²) in [6.45, 7) is 2.05. The molecule has 2 rings (SSSR count). The van der Waals surface area contributed by atoms with Gasteiger partial charge in [0.15, 0.2) is 0 Å². The van der Waals surface area contributed by atoms with Crippen molar-refractivity contribution in [3.63, 3.8) is 0 Å². The van der Waals surface area contributed by atoms with Gasteiger partial charge in [0.2, 0.25) is 0 Å². The number of aryl methyl sites for hydroxylation is 1. The Bertz CT molecular complexity index is 409. The Kier molecular flexibility index (Phi) is 2.14. The summed E-state index contributed by atoms with van der Waals surface area (Å²) in [6, 6.07) is 6.10. The lowest BCUT2D eigenvalue weighted by molar-refractivity contribution is 0.874. The maximum absolute atomic E-state index is 4.05. The molecule has 0 N–H and O–H groups in total. The monoisotopic (exact) mass is 237 g/mol. The van der Waals surface area contributed by atoms with Crippen LogP contribution >= 0.6 is 15.9 Å². The second-order valence-electron chi connectivity index (χ2n) is 2.79. The molecule has 3 nitrogen and oxygen atoms in total. The van der Waals surface area contributed by atoms with Gasteiger partial charge in [-0.25, -0.2) is 9.67 Å². The standard InChI is InChI=1S/C9H8BrN3/c1-7-2-3-9(8(10)4-7)13-6-11-5-12-13/h2-6H,1H3. The van der Waals surface area contributed by atoms with Crippen LogP contribution in [0.15, 0.2) is 35.3 Å². The SMILES string of the molecule is Cc1ccc(-n2cncn2)c(Br)c1. The Morgan fingerprint density at radius 1 is 1.38 bits per heavy atom. The van der Waals surface area contributed by atoms with Crippen molar-refractivity contribution in [2.24, 2.45) is 0 Å². The highest BCUT2D eigenvalue weighted by molar-refractivity contribution is 9.10. The highest BCUT2D eigenvalue weighted by atomic mass is 79.9. The highest BCUT2D eigenvalue weighted by Gasteiger charge is 2.01. The van der Waals surface area contributed by atoms with Gasteiger partial charge in [-0.05, 0) is 40.5 Å². The maximum atomic E-state index is 4.05. The molecular formula is C9H8BrN3. The average Bonchev–Trinajstić information content (AvgIpc) is 2.56. The van der Waals surface area contributed by atoms with Gasteiger partial charge in [0, 0.05) is 4.47 Å². The van der Waals surface area contributed by atoms with Crippen LogP contribution in [0.3, 0.4) is 0 Å². The fourth-order valence-electron chi connectivity index (χ4n) is 1.13. The third kappa shape index (κ3) is 1.62.